The van der Waals surface area contributed by atoms with Gasteiger partial charge >= 0.3 is 0 Å². The average molecular weight is 240 g/mol. The summed E-state index contributed by atoms with van der Waals surface area (Å²) in [5.41, 5.74) is 3.17. The standard InChI is InChI=1S/C13H18ClNO/c1-9-7-12(13(16)5-6-14)10(2)15(9)8-11-3-4-11/h7,11H,3-6,8H2,1-2H3. The van der Waals surface area contributed by atoms with Crippen molar-refractivity contribution < 1.29 is 4.79 Å². The Labute approximate surface area is 102 Å². The molecule has 1 aliphatic rings. The lowest BCUT2D eigenvalue weighted by atomic mass is 10.1. The maximum Gasteiger partial charge on any atom is 0.165 e. The van der Waals surface area contributed by atoms with E-state index < -0.39 is 0 Å². The molecule has 3 heteroatoms. The van der Waals surface area contributed by atoms with Crippen molar-refractivity contribution in [2.75, 3.05) is 5.88 Å². The molecule has 1 fully saturated rings. The summed E-state index contributed by atoms with van der Waals surface area (Å²) in [6.45, 7) is 5.19. The molecule has 0 atom stereocenters. The Morgan fingerprint density at radius 3 is 2.75 bits per heavy atom. The van der Waals surface area contributed by atoms with Crippen molar-refractivity contribution in [1.82, 2.24) is 4.57 Å². The topological polar surface area (TPSA) is 22.0 Å². The lowest BCUT2D eigenvalue weighted by Crippen LogP contribution is -2.06. The van der Waals surface area contributed by atoms with Crippen LogP contribution in [0.4, 0.5) is 0 Å². The Morgan fingerprint density at radius 2 is 2.19 bits per heavy atom. The first-order valence-electron chi connectivity index (χ1n) is 5.89. The van der Waals surface area contributed by atoms with Gasteiger partial charge < -0.3 is 4.57 Å². The number of Topliss-reactive ketones (excluding diaryl/α,β-unsaturated/α-hetero) is 1. The number of halogens is 1. The van der Waals surface area contributed by atoms with Crippen LogP contribution in [0.15, 0.2) is 6.07 Å². The summed E-state index contributed by atoms with van der Waals surface area (Å²) < 4.78 is 2.28. The number of nitrogens with zero attached hydrogens (tertiary/aromatic N) is 1. The Balaban J connectivity index is 2.22. The fourth-order valence-corrected chi connectivity index (χ4v) is 2.32. The van der Waals surface area contributed by atoms with E-state index in [4.69, 9.17) is 11.6 Å². The minimum atomic E-state index is 0.171. The first kappa shape index (κ1) is 11.7. The van der Waals surface area contributed by atoms with E-state index in [1.807, 2.05) is 13.0 Å². The van der Waals surface area contributed by atoms with Gasteiger partial charge in [0.05, 0.1) is 0 Å². The maximum atomic E-state index is 11.8. The van der Waals surface area contributed by atoms with E-state index in [9.17, 15) is 4.79 Å². The van der Waals surface area contributed by atoms with Gasteiger partial charge in [0.2, 0.25) is 0 Å². The first-order chi connectivity index (χ1) is 7.63. The van der Waals surface area contributed by atoms with Gasteiger partial charge in [-0.25, -0.2) is 0 Å². The summed E-state index contributed by atoms with van der Waals surface area (Å²) in [6, 6.07) is 2.01. The van der Waals surface area contributed by atoms with Crippen LogP contribution in [0.2, 0.25) is 0 Å². The van der Waals surface area contributed by atoms with Crippen LogP contribution in [0.1, 0.15) is 41.0 Å². The molecule has 2 nitrogen and oxygen atoms in total. The molecule has 0 saturated heterocycles. The van der Waals surface area contributed by atoms with Gasteiger partial charge in [0, 0.05) is 35.8 Å². The van der Waals surface area contributed by atoms with E-state index in [-0.39, 0.29) is 5.78 Å². The van der Waals surface area contributed by atoms with Crippen molar-refractivity contribution in [3.63, 3.8) is 0 Å². The molecule has 0 aromatic carbocycles. The summed E-state index contributed by atoms with van der Waals surface area (Å²) in [5, 5.41) is 0. The summed E-state index contributed by atoms with van der Waals surface area (Å²) in [5.74, 6) is 1.41. The second-order valence-corrected chi connectivity index (χ2v) is 5.08. The first-order valence-corrected chi connectivity index (χ1v) is 6.42. The van der Waals surface area contributed by atoms with Gasteiger partial charge in [-0.3, -0.25) is 4.79 Å². The smallest absolute Gasteiger partial charge is 0.165 e. The molecule has 88 valence electrons. The number of aryl methyl sites for hydroxylation is 1. The van der Waals surface area contributed by atoms with Crippen LogP contribution in [0, 0.1) is 19.8 Å². The summed E-state index contributed by atoms with van der Waals surface area (Å²) in [7, 11) is 0. The highest BCUT2D eigenvalue weighted by molar-refractivity contribution is 6.19. The van der Waals surface area contributed by atoms with Crippen LogP contribution in [-0.2, 0) is 6.54 Å². The average Bonchev–Trinajstić information content (AvgIpc) is 3.00. The normalized spacial score (nSPS) is 15.4. The van der Waals surface area contributed by atoms with E-state index in [2.05, 4.69) is 11.5 Å². The van der Waals surface area contributed by atoms with Crippen molar-refractivity contribution in [1.29, 1.82) is 0 Å². The third-order valence-corrected chi connectivity index (χ3v) is 3.52. The Bertz CT molecular complexity index is 404. The van der Waals surface area contributed by atoms with E-state index in [1.165, 1.54) is 18.5 Å². The highest BCUT2D eigenvalue weighted by Gasteiger charge is 2.24. The molecule has 0 radical (unpaired) electrons. The van der Waals surface area contributed by atoms with Crippen LogP contribution in [-0.4, -0.2) is 16.2 Å². The molecule has 0 amide bonds. The highest BCUT2D eigenvalue weighted by Crippen LogP contribution is 2.32. The second-order valence-electron chi connectivity index (χ2n) is 4.70. The van der Waals surface area contributed by atoms with Crippen LogP contribution in [0.25, 0.3) is 0 Å². The zero-order valence-electron chi connectivity index (χ0n) is 9.92. The molecule has 0 spiro atoms. The molecule has 16 heavy (non-hydrogen) atoms. The molecule has 2 rings (SSSR count). The number of hydrogen-bond donors (Lipinski definition) is 0. The van der Waals surface area contributed by atoms with Gasteiger partial charge in [0.25, 0.3) is 0 Å². The minimum Gasteiger partial charge on any atom is -0.348 e. The van der Waals surface area contributed by atoms with Gasteiger partial charge in [0.15, 0.2) is 5.78 Å². The molecule has 1 aromatic rings. The number of ketones is 1. The van der Waals surface area contributed by atoms with E-state index in [0.717, 1.165) is 23.7 Å². The summed E-state index contributed by atoms with van der Waals surface area (Å²) in [6.07, 6.45) is 3.11. The predicted molar refractivity (Wildman–Crippen MR) is 66.3 cm³/mol. The quantitative estimate of drug-likeness (QED) is 0.571. The van der Waals surface area contributed by atoms with Crippen molar-refractivity contribution in [2.45, 2.75) is 39.7 Å². The maximum absolute atomic E-state index is 11.8. The van der Waals surface area contributed by atoms with Gasteiger partial charge in [-0.1, -0.05) is 0 Å². The summed E-state index contributed by atoms with van der Waals surface area (Å²) >= 11 is 5.61. The molecule has 1 heterocycles. The molecule has 0 unspecified atom stereocenters. The van der Waals surface area contributed by atoms with Gasteiger partial charge in [-0.05, 0) is 38.7 Å². The molecular formula is C13H18ClNO. The fraction of sp³-hybridized carbons (Fsp3) is 0.615. The number of carbonyl (C=O) groups is 1. The third kappa shape index (κ3) is 2.32. The molecule has 1 saturated carbocycles. The summed E-state index contributed by atoms with van der Waals surface area (Å²) in [4.78, 5) is 11.8. The third-order valence-electron chi connectivity index (χ3n) is 3.33. The zero-order chi connectivity index (χ0) is 11.7. The minimum absolute atomic E-state index is 0.171. The van der Waals surface area contributed by atoms with E-state index in [1.54, 1.807) is 0 Å². The fourth-order valence-electron chi connectivity index (χ4n) is 2.14. The lowest BCUT2D eigenvalue weighted by molar-refractivity contribution is 0.0988. The van der Waals surface area contributed by atoms with Crippen molar-refractivity contribution >= 4 is 17.4 Å². The Hall–Kier alpha value is -0.760. The number of alkyl halides is 1. The zero-order valence-corrected chi connectivity index (χ0v) is 10.7. The van der Waals surface area contributed by atoms with Crippen LogP contribution >= 0.6 is 11.6 Å². The molecule has 1 aliphatic carbocycles. The van der Waals surface area contributed by atoms with Crippen LogP contribution < -0.4 is 0 Å². The number of carbonyl (C=O) groups excluding carboxylic acids is 1. The van der Waals surface area contributed by atoms with E-state index in [0.29, 0.717) is 12.3 Å². The number of hydrogen-bond acceptors (Lipinski definition) is 1. The second kappa shape index (κ2) is 4.62. The van der Waals surface area contributed by atoms with Crippen LogP contribution in [0.3, 0.4) is 0 Å². The monoisotopic (exact) mass is 239 g/mol. The Kier molecular flexibility index (Phi) is 3.38. The van der Waals surface area contributed by atoms with Crippen molar-refractivity contribution in [2.24, 2.45) is 5.92 Å². The molecule has 0 bridgehead atoms. The number of rotatable bonds is 5. The molecule has 0 N–H and O–H groups in total. The van der Waals surface area contributed by atoms with Gasteiger partial charge in [-0.15, -0.1) is 11.6 Å². The van der Waals surface area contributed by atoms with E-state index >= 15 is 0 Å². The number of aromatic nitrogens is 1. The largest absolute Gasteiger partial charge is 0.348 e. The predicted octanol–water partition coefficient (Wildman–Crippen LogP) is 3.33. The highest BCUT2D eigenvalue weighted by atomic mass is 35.5. The molecular weight excluding hydrogens is 222 g/mol. The lowest BCUT2D eigenvalue weighted by Gasteiger charge is -2.08. The van der Waals surface area contributed by atoms with Gasteiger partial charge in [0.1, 0.15) is 0 Å². The van der Waals surface area contributed by atoms with Gasteiger partial charge in [-0.2, -0.15) is 0 Å². The molecule has 0 aliphatic heterocycles. The van der Waals surface area contributed by atoms with Crippen molar-refractivity contribution in [3.8, 4) is 0 Å². The Morgan fingerprint density at radius 1 is 1.50 bits per heavy atom. The van der Waals surface area contributed by atoms with Crippen LogP contribution in [0.5, 0.6) is 0 Å². The van der Waals surface area contributed by atoms with Crippen molar-refractivity contribution in [3.05, 3.63) is 23.0 Å². The molecule has 1 aromatic heterocycles. The SMILES string of the molecule is Cc1cc(C(=O)CCCl)c(C)n1CC1CC1.